The van der Waals surface area contributed by atoms with Crippen LogP contribution in [-0.4, -0.2) is 40.9 Å². The summed E-state index contributed by atoms with van der Waals surface area (Å²) in [5.41, 5.74) is 0. The van der Waals surface area contributed by atoms with Crippen LogP contribution in [-0.2, 0) is 10.5 Å². The van der Waals surface area contributed by atoms with Gasteiger partial charge in [0, 0.05) is 17.2 Å². The number of carbonyl (C=O) groups excluding carboxylic acids is 1. The molecule has 0 radical (unpaired) electrons. The van der Waals surface area contributed by atoms with Crippen molar-refractivity contribution in [2.45, 2.75) is 37.5 Å². The lowest BCUT2D eigenvalue weighted by molar-refractivity contribution is -0.131. The van der Waals surface area contributed by atoms with Crippen molar-refractivity contribution in [1.29, 1.82) is 0 Å². The van der Waals surface area contributed by atoms with Crippen LogP contribution in [0.4, 0.5) is 0 Å². The van der Waals surface area contributed by atoms with Gasteiger partial charge in [-0.05, 0) is 24.3 Å². The molecule has 3 nitrogen and oxygen atoms in total. The number of aliphatic hydroxyl groups is 1. The second-order valence-corrected chi connectivity index (χ2v) is 6.86. The first-order chi connectivity index (χ1) is 9.31. The molecule has 19 heavy (non-hydrogen) atoms. The highest BCUT2D eigenvalue weighted by Gasteiger charge is 2.24. The maximum absolute atomic E-state index is 12.2. The lowest BCUT2D eigenvalue weighted by atomic mass is 10.1. The molecule has 0 bridgehead atoms. The molecular weight excluding hydrogens is 278 g/mol. The average Bonchev–Trinajstić information content (AvgIpc) is 2.81. The zero-order valence-electron chi connectivity index (χ0n) is 11.1. The highest BCUT2D eigenvalue weighted by Crippen LogP contribution is 2.20. The van der Waals surface area contributed by atoms with Crippen molar-refractivity contribution < 1.29 is 9.90 Å². The standard InChI is InChI=1S/C14H21NO2S2/c16-9-12-5-2-1-3-7-15(12)14(17)11-18-10-13-6-4-8-19-13/h4,6,8,12,16H,1-3,5,7,9-11H2. The molecule has 1 saturated heterocycles. The van der Waals surface area contributed by atoms with E-state index in [1.54, 1.807) is 23.1 Å². The zero-order chi connectivity index (χ0) is 13.5. The normalized spacial score (nSPS) is 20.3. The molecule has 1 aromatic heterocycles. The quantitative estimate of drug-likeness (QED) is 0.909. The molecule has 2 heterocycles. The first-order valence-electron chi connectivity index (χ1n) is 6.81. The number of amides is 1. The van der Waals surface area contributed by atoms with E-state index in [4.69, 9.17) is 0 Å². The fourth-order valence-corrected chi connectivity index (χ4v) is 4.16. The molecule has 106 valence electrons. The summed E-state index contributed by atoms with van der Waals surface area (Å²) in [6, 6.07) is 4.18. The van der Waals surface area contributed by atoms with Crippen molar-refractivity contribution >= 4 is 29.0 Å². The Morgan fingerprint density at radius 3 is 3.11 bits per heavy atom. The van der Waals surface area contributed by atoms with Gasteiger partial charge in [-0.3, -0.25) is 4.79 Å². The Hall–Kier alpha value is -0.520. The molecule has 1 fully saturated rings. The lowest BCUT2D eigenvalue weighted by Crippen LogP contribution is -2.43. The minimum Gasteiger partial charge on any atom is -0.394 e. The summed E-state index contributed by atoms with van der Waals surface area (Å²) in [5.74, 6) is 1.61. The van der Waals surface area contributed by atoms with Gasteiger partial charge in [0.25, 0.3) is 0 Å². The molecule has 1 unspecified atom stereocenters. The number of aliphatic hydroxyl groups excluding tert-OH is 1. The number of nitrogens with zero attached hydrogens (tertiary/aromatic N) is 1. The summed E-state index contributed by atoms with van der Waals surface area (Å²) >= 11 is 3.40. The topological polar surface area (TPSA) is 40.5 Å². The van der Waals surface area contributed by atoms with E-state index < -0.39 is 0 Å². The van der Waals surface area contributed by atoms with Crippen molar-refractivity contribution in [3.63, 3.8) is 0 Å². The summed E-state index contributed by atoms with van der Waals surface area (Å²) in [7, 11) is 0. The van der Waals surface area contributed by atoms with E-state index in [0.29, 0.717) is 5.75 Å². The van der Waals surface area contributed by atoms with Gasteiger partial charge in [0.1, 0.15) is 0 Å². The van der Waals surface area contributed by atoms with Crippen molar-refractivity contribution in [2.75, 3.05) is 18.9 Å². The third-order valence-corrected chi connectivity index (χ3v) is 5.48. The van der Waals surface area contributed by atoms with Crippen LogP contribution in [0.1, 0.15) is 30.6 Å². The first-order valence-corrected chi connectivity index (χ1v) is 8.85. The molecule has 0 spiro atoms. The Bertz CT molecular complexity index is 381. The van der Waals surface area contributed by atoms with E-state index in [1.165, 1.54) is 11.3 Å². The number of likely N-dealkylation sites (tertiary alicyclic amines) is 1. The van der Waals surface area contributed by atoms with Crippen LogP contribution in [0.3, 0.4) is 0 Å². The van der Waals surface area contributed by atoms with Crippen molar-refractivity contribution in [3.05, 3.63) is 22.4 Å². The lowest BCUT2D eigenvalue weighted by Gasteiger charge is -2.28. The number of hydrogen-bond acceptors (Lipinski definition) is 4. The minimum absolute atomic E-state index is 0.0392. The van der Waals surface area contributed by atoms with E-state index in [-0.39, 0.29) is 18.6 Å². The van der Waals surface area contributed by atoms with E-state index in [2.05, 4.69) is 11.4 Å². The third kappa shape index (κ3) is 4.51. The molecular formula is C14H21NO2S2. The Labute approximate surface area is 123 Å². The molecule has 1 aliphatic rings. The third-order valence-electron chi connectivity index (χ3n) is 3.46. The summed E-state index contributed by atoms with van der Waals surface area (Å²) in [6.45, 7) is 0.908. The number of thiophene rings is 1. The van der Waals surface area contributed by atoms with Crippen molar-refractivity contribution in [1.82, 2.24) is 4.90 Å². The minimum atomic E-state index is 0.0392. The van der Waals surface area contributed by atoms with Gasteiger partial charge in [-0.15, -0.1) is 23.1 Å². The maximum atomic E-state index is 12.2. The molecule has 1 N–H and O–H groups in total. The largest absolute Gasteiger partial charge is 0.394 e. The second kappa shape index (κ2) is 7.92. The molecule has 0 aliphatic carbocycles. The van der Waals surface area contributed by atoms with E-state index in [9.17, 15) is 9.90 Å². The summed E-state index contributed by atoms with van der Waals surface area (Å²) in [4.78, 5) is 15.5. The first kappa shape index (κ1) is 14.9. The summed E-state index contributed by atoms with van der Waals surface area (Å²) in [5, 5.41) is 11.5. The smallest absolute Gasteiger partial charge is 0.232 e. The van der Waals surface area contributed by atoms with Gasteiger partial charge >= 0.3 is 0 Å². The molecule has 0 saturated carbocycles. The Kier molecular flexibility index (Phi) is 6.20. The molecule has 5 heteroatoms. The number of thioether (sulfide) groups is 1. The molecule has 1 aliphatic heterocycles. The highest BCUT2D eigenvalue weighted by molar-refractivity contribution is 7.99. The van der Waals surface area contributed by atoms with E-state index in [1.807, 2.05) is 11.0 Å². The predicted octanol–water partition coefficient (Wildman–Crippen LogP) is 2.74. The SMILES string of the molecule is O=C(CSCc1cccs1)N1CCCCCC1CO. The zero-order valence-corrected chi connectivity index (χ0v) is 12.7. The van der Waals surface area contributed by atoms with Gasteiger partial charge in [0.15, 0.2) is 0 Å². The van der Waals surface area contributed by atoms with E-state index in [0.717, 1.165) is 31.6 Å². The molecule has 1 aromatic rings. The maximum Gasteiger partial charge on any atom is 0.232 e. The number of carbonyl (C=O) groups is 1. The van der Waals surface area contributed by atoms with E-state index >= 15 is 0 Å². The predicted molar refractivity (Wildman–Crippen MR) is 81.5 cm³/mol. The fraction of sp³-hybridized carbons (Fsp3) is 0.643. The Balaban J connectivity index is 1.80. The highest BCUT2D eigenvalue weighted by atomic mass is 32.2. The molecule has 1 amide bonds. The van der Waals surface area contributed by atoms with Gasteiger partial charge < -0.3 is 10.0 Å². The van der Waals surface area contributed by atoms with Crippen LogP contribution >= 0.6 is 23.1 Å². The molecule has 0 aromatic carbocycles. The van der Waals surface area contributed by atoms with Gasteiger partial charge in [-0.1, -0.05) is 18.9 Å². The van der Waals surface area contributed by atoms with Crippen LogP contribution in [0.5, 0.6) is 0 Å². The van der Waals surface area contributed by atoms with Crippen LogP contribution in [0.25, 0.3) is 0 Å². The summed E-state index contributed by atoms with van der Waals surface area (Å²) in [6.07, 6.45) is 4.30. The van der Waals surface area contributed by atoms with Crippen LogP contribution in [0.2, 0.25) is 0 Å². The van der Waals surface area contributed by atoms with Gasteiger partial charge in [0.2, 0.25) is 5.91 Å². The van der Waals surface area contributed by atoms with Crippen molar-refractivity contribution in [2.24, 2.45) is 0 Å². The fourth-order valence-electron chi connectivity index (χ4n) is 2.41. The molecule has 1 atom stereocenters. The van der Waals surface area contributed by atoms with Gasteiger partial charge in [0.05, 0.1) is 18.4 Å². The Morgan fingerprint density at radius 1 is 1.47 bits per heavy atom. The molecule has 2 rings (SSSR count). The van der Waals surface area contributed by atoms with Crippen LogP contribution < -0.4 is 0 Å². The van der Waals surface area contributed by atoms with Crippen LogP contribution in [0, 0.1) is 0 Å². The Morgan fingerprint density at radius 2 is 2.37 bits per heavy atom. The second-order valence-electron chi connectivity index (χ2n) is 4.85. The van der Waals surface area contributed by atoms with Gasteiger partial charge in [-0.25, -0.2) is 0 Å². The van der Waals surface area contributed by atoms with Gasteiger partial charge in [-0.2, -0.15) is 0 Å². The number of rotatable bonds is 5. The average molecular weight is 299 g/mol. The van der Waals surface area contributed by atoms with Crippen LogP contribution in [0.15, 0.2) is 17.5 Å². The summed E-state index contributed by atoms with van der Waals surface area (Å²) < 4.78 is 0. The monoisotopic (exact) mass is 299 g/mol. The van der Waals surface area contributed by atoms with Crippen molar-refractivity contribution in [3.8, 4) is 0 Å². The number of hydrogen-bond donors (Lipinski definition) is 1.